The zero-order valence-electron chi connectivity index (χ0n) is 20.7. The third-order valence-electron chi connectivity index (χ3n) is 8.19. The van der Waals surface area contributed by atoms with Crippen LogP contribution in [0, 0.1) is 5.92 Å². The highest BCUT2D eigenvalue weighted by Gasteiger charge is 2.72. The number of nitrogens with one attached hydrogen (secondary N) is 2. The van der Waals surface area contributed by atoms with Crippen molar-refractivity contribution >= 4 is 29.4 Å². The average molecular weight is 503 g/mol. The number of carboxylic acids is 1. The smallest absolute Gasteiger partial charge is 0.365 e. The molecule has 10 nitrogen and oxygen atoms in total. The van der Waals surface area contributed by atoms with Crippen LogP contribution >= 0.6 is 0 Å². The molecule has 3 aliphatic rings. The maximum Gasteiger partial charge on any atom is 0.365 e. The molecule has 3 fully saturated rings. The monoisotopic (exact) mass is 502 g/mol. The van der Waals surface area contributed by atoms with Crippen molar-refractivity contribution in [1.82, 2.24) is 15.1 Å². The molecule has 2 saturated carbocycles. The second-order valence-electron chi connectivity index (χ2n) is 10.2. The Hall–Kier alpha value is -2.98. The number of β-lactam (4-membered cyclic amide) rings is 1. The van der Waals surface area contributed by atoms with Crippen LogP contribution in [0.3, 0.4) is 0 Å². The number of ether oxygens (including phenoxy) is 1. The van der Waals surface area contributed by atoms with Crippen molar-refractivity contribution in [1.29, 1.82) is 0 Å². The standard InChI is InChI=1S/C26H35N3O7/c1-36-19-12-10-18(11-13-19)29(16-30)21(24(33)34)20(23(29)32)22(31)28-26(14-6-3-7-15-26)25(35)27-17-8-4-2-5-9-17/h10-13,17,20-21,30H,2-9,14-16H2,1H3,(H2-,27,28,31,33,34,35)/p+1/t20-,21+,29-/m0/s1. The molecule has 1 saturated heterocycles. The highest BCUT2D eigenvalue weighted by molar-refractivity contribution is 6.17. The van der Waals surface area contributed by atoms with Gasteiger partial charge in [-0.15, -0.1) is 0 Å². The zero-order valence-corrected chi connectivity index (χ0v) is 20.7. The van der Waals surface area contributed by atoms with Gasteiger partial charge in [-0.2, -0.15) is 4.48 Å². The molecule has 4 rings (SSSR count). The first-order chi connectivity index (χ1) is 17.3. The molecular weight excluding hydrogens is 466 g/mol. The van der Waals surface area contributed by atoms with Gasteiger partial charge in [0.1, 0.15) is 17.0 Å². The predicted molar refractivity (Wildman–Crippen MR) is 131 cm³/mol. The van der Waals surface area contributed by atoms with Gasteiger partial charge in [-0.05, 0) is 37.8 Å². The number of likely N-dealkylation sites (tertiary alicyclic amines) is 1. The number of aliphatic hydroxyl groups excluding tert-OH is 1. The molecule has 36 heavy (non-hydrogen) atoms. The van der Waals surface area contributed by atoms with Crippen LogP contribution in [0.2, 0.25) is 0 Å². The fourth-order valence-corrected chi connectivity index (χ4v) is 6.10. The third kappa shape index (κ3) is 4.48. The van der Waals surface area contributed by atoms with Crippen LogP contribution in [0.5, 0.6) is 5.75 Å². The highest BCUT2D eigenvalue weighted by Crippen LogP contribution is 2.42. The van der Waals surface area contributed by atoms with E-state index < -0.39 is 46.5 Å². The lowest BCUT2D eigenvalue weighted by Gasteiger charge is -2.49. The first kappa shape index (κ1) is 26.1. The molecule has 4 N–H and O–H groups in total. The Balaban J connectivity index is 1.57. The number of aliphatic carboxylic acids is 1. The summed E-state index contributed by atoms with van der Waals surface area (Å²) in [7, 11) is 1.48. The third-order valence-corrected chi connectivity index (χ3v) is 8.19. The van der Waals surface area contributed by atoms with E-state index in [-0.39, 0.29) is 17.6 Å². The van der Waals surface area contributed by atoms with Gasteiger partial charge in [0, 0.05) is 18.2 Å². The van der Waals surface area contributed by atoms with Crippen molar-refractivity contribution in [3.63, 3.8) is 0 Å². The molecule has 10 heteroatoms. The van der Waals surface area contributed by atoms with Gasteiger partial charge < -0.3 is 25.6 Å². The van der Waals surface area contributed by atoms with E-state index in [0.717, 1.165) is 51.4 Å². The van der Waals surface area contributed by atoms with E-state index in [9.17, 15) is 29.4 Å². The second-order valence-corrected chi connectivity index (χ2v) is 10.2. The van der Waals surface area contributed by atoms with Crippen molar-refractivity contribution in [2.24, 2.45) is 5.92 Å². The number of nitrogens with zero attached hydrogens (tertiary/aromatic N) is 1. The molecule has 1 aliphatic heterocycles. The highest BCUT2D eigenvalue weighted by atomic mass is 16.5. The maximum atomic E-state index is 13.5. The van der Waals surface area contributed by atoms with Gasteiger partial charge in [-0.3, -0.25) is 9.59 Å². The number of amides is 3. The van der Waals surface area contributed by atoms with Crippen LogP contribution in [0.15, 0.2) is 24.3 Å². The summed E-state index contributed by atoms with van der Waals surface area (Å²) in [6.07, 6.45) is 8.37. The number of hydrogen-bond acceptors (Lipinski definition) is 6. The Morgan fingerprint density at radius 1 is 1.03 bits per heavy atom. The molecule has 2 aliphatic carbocycles. The fourth-order valence-electron chi connectivity index (χ4n) is 6.10. The summed E-state index contributed by atoms with van der Waals surface area (Å²) < 4.78 is 4.24. The van der Waals surface area contributed by atoms with Crippen molar-refractivity contribution in [2.75, 3.05) is 13.8 Å². The molecular formula is C26H36N3O7+. The first-order valence-corrected chi connectivity index (χ1v) is 12.8. The quantitative estimate of drug-likeness (QED) is 0.241. The van der Waals surface area contributed by atoms with Gasteiger partial charge in [-0.25, -0.2) is 9.59 Å². The lowest BCUT2D eigenvalue weighted by Crippen LogP contribution is -2.82. The van der Waals surface area contributed by atoms with Crippen LogP contribution < -0.4 is 19.9 Å². The van der Waals surface area contributed by atoms with E-state index in [0.29, 0.717) is 18.6 Å². The number of carboxylic acid groups (broad SMARTS) is 1. The van der Waals surface area contributed by atoms with Crippen molar-refractivity contribution in [3.05, 3.63) is 24.3 Å². The summed E-state index contributed by atoms with van der Waals surface area (Å²) >= 11 is 0. The molecule has 1 heterocycles. The first-order valence-electron chi connectivity index (χ1n) is 12.8. The Morgan fingerprint density at radius 2 is 1.64 bits per heavy atom. The van der Waals surface area contributed by atoms with Gasteiger partial charge in [0.2, 0.25) is 23.8 Å². The Kier molecular flexibility index (Phi) is 7.65. The Labute approximate surface area is 210 Å². The maximum absolute atomic E-state index is 13.5. The summed E-state index contributed by atoms with van der Waals surface area (Å²) in [6, 6.07) is 4.70. The number of carbonyl (C=O) groups is 4. The molecule has 1 aromatic rings. The van der Waals surface area contributed by atoms with Crippen LogP contribution in [0.25, 0.3) is 0 Å². The summed E-state index contributed by atoms with van der Waals surface area (Å²) in [5.74, 6) is -4.12. The van der Waals surface area contributed by atoms with Crippen LogP contribution in [-0.4, -0.2) is 65.4 Å². The SMILES string of the molecule is COc1ccc([N@+]2(CO)C(=O)[C@H](C(=O)NC3(C(=O)NC4CCCCC4)CCCCC3)[C@@H]2C(=O)O)cc1. The zero-order chi connectivity index (χ0) is 25.9. The van der Waals surface area contributed by atoms with Crippen molar-refractivity contribution in [2.45, 2.75) is 81.8 Å². The number of hydrogen-bond donors (Lipinski definition) is 4. The fraction of sp³-hybridized carbons (Fsp3) is 0.615. The minimum absolute atomic E-state index is 0.0628. The van der Waals surface area contributed by atoms with Crippen molar-refractivity contribution in [3.8, 4) is 5.75 Å². The molecule has 0 aromatic heterocycles. The molecule has 3 amide bonds. The molecule has 0 spiro atoms. The Morgan fingerprint density at radius 3 is 2.19 bits per heavy atom. The van der Waals surface area contributed by atoms with Gasteiger partial charge in [0.15, 0.2) is 6.73 Å². The van der Waals surface area contributed by atoms with Crippen LogP contribution in [-0.2, 0) is 19.2 Å². The van der Waals surface area contributed by atoms with Crippen LogP contribution in [0.4, 0.5) is 5.69 Å². The van der Waals surface area contributed by atoms with E-state index in [4.69, 9.17) is 4.74 Å². The van der Waals surface area contributed by atoms with E-state index in [2.05, 4.69) is 10.6 Å². The van der Waals surface area contributed by atoms with Gasteiger partial charge in [0.25, 0.3) is 0 Å². The molecule has 0 unspecified atom stereocenters. The molecule has 0 bridgehead atoms. The molecule has 0 radical (unpaired) electrons. The van der Waals surface area contributed by atoms with E-state index in [1.165, 1.54) is 19.2 Å². The lowest BCUT2D eigenvalue weighted by molar-refractivity contribution is -0.178. The number of carbonyl (C=O) groups excluding carboxylic acids is 3. The van der Waals surface area contributed by atoms with Gasteiger partial charge in [-0.1, -0.05) is 38.5 Å². The second kappa shape index (κ2) is 10.6. The summed E-state index contributed by atoms with van der Waals surface area (Å²) in [5.41, 5.74) is -0.914. The number of benzene rings is 1. The summed E-state index contributed by atoms with van der Waals surface area (Å²) in [6.45, 7) is -0.806. The molecule has 196 valence electrons. The molecule has 3 atom stereocenters. The number of quaternary nitrogens is 1. The van der Waals surface area contributed by atoms with Gasteiger partial charge in [0.05, 0.1) is 7.11 Å². The van der Waals surface area contributed by atoms with Gasteiger partial charge >= 0.3 is 11.9 Å². The summed E-state index contributed by atoms with van der Waals surface area (Å²) in [5, 5.41) is 26.2. The average Bonchev–Trinajstić information content (AvgIpc) is 2.89. The number of methoxy groups -OCH3 is 1. The van der Waals surface area contributed by atoms with Crippen LogP contribution in [0.1, 0.15) is 64.2 Å². The minimum Gasteiger partial charge on any atom is -0.497 e. The number of rotatable bonds is 8. The van der Waals surface area contributed by atoms with E-state index >= 15 is 0 Å². The molecule has 1 aromatic carbocycles. The minimum atomic E-state index is -1.52. The predicted octanol–water partition coefficient (Wildman–Crippen LogP) is 1.83. The lowest BCUT2D eigenvalue weighted by atomic mass is 9.77. The topological polar surface area (TPSA) is 142 Å². The van der Waals surface area contributed by atoms with E-state index in [1.54, 1.807) is 12.1 Å². The Bertz CT molecular complexity index is 999. The normalized spacial score (nSPS) is 28.0. The van der Waals surface area contributed by atoms with Crippen molar-refractivity contribution < 1.29 is 34.1 Å². The number of aliphatic hydroxyl groups is 1. The van der Waals surface area contributed by atoms with E-state index in [1.807, 2.05) is 0 Å². The summed E-state index contributed by atoms with van der Waals surface area (Å²) in [4.78, 5) is 52.6. The largest absolute Gasteiger partial charge is 0.497 e.